The van der Waals surface area contributed by atoms with E-state index in [-0.39, 0.29) is 24.5 Å². The number of nitrogens with zero attached hydrogens (tertiary/aromatic N) is 1. The lowest BCUT2D eigenvalue weighted by Gasteiger charge is -2.14. The Kier molecular flexibility index (Phi) is 6.22. The zero-order valence-corrected chi connectivity index (χ0v) is 15.9. The van der Waals surface area contributed by atoms with E-state index in [2.05, 4.69) is 15.6 Å². The van der Waals surface area contributed by atoms with E-state index in [0.29, 0.717) is 17.9 Å². The minimum Gasteiger partial charge on any atom is -0.483 e. The second-order valence-corrected chi connectivity index (χ2v) is 6.74. The average Bonchev–Trinajstić information content (AvgIpc) is 2.70. The predicted octanol–water partition coefficient (Wildman–Crippen LogP) is 3.07. The molecule has 0 saturated carbocycles. The first-order chi connectivity index (χ1) is 13.5. The van der Waals surface area contributed by atoms with Crippen LogP contribution in [0, 0.1) is 0 Å². The quantitative estimate of drug-likeness (QED) is 0.663. The van der Waals surface area contributed by atoms with E-state index in [1.165, 1.54) is 0 Å². The molecule has 0 aliphatic heterocycles. The highest BCUT2D eigenvalue weighted by molar-refractivity contribution is 6.01. The molecule has 2 aromatic carbocycles. The molecule has 28 heavy (non-hydrogen) atoms. The van der Waals surface area contributed by atoms with Crippen molar-refractivity contribution in [1.29, 1.82) is 0 Å². The number of benzene rings is 2. The normalized spacial score (nSPS) is 10.7. The molecule has 3 rings (SSSR count). The molecule has 1 heterocycles. The van der Waals surface area contributed by atoms with Crippen molar-refractivity contribution in [3.8, 4) is 5.75 Å². The standard InChI is InChI=1S/C22H23N3O3/c1-15(2)25-21(26)14-28-20-12-18-6-4-3-5-17(18)11-19(20)22(27)24-13-16-7-9-23-10-8-16/h3-12,15H,13-14H2,1-2H3,(H,24,27)(H,25,26). The molecule has 6 heteroatoms. The van der Waals surface area contributed by atoms with Crippen LogP contribution in [0.25, 0.3) is 10.8 Å². The van der Waals surface area contributed by atoms with E-state index in [1.54, 1.807) is 24.5 Å². The van der Waals surface area contributed by atoms with Gasteiger partial charge in [0.15, 0.2) is 6.61 Å². The number of fused-ring (bicyclic) bond motifs is 1. The molecule has 0 spiro atoms. The molecule has 2 amide bonds. The summed E-state index contributed by atoms with van der Waals surface area (Å²) in [5, 5.41) is 7.53. The molecule has 0 atom stereocenters. The maximum atomic E-state index is 12.8. The van der Waals surface area contributed by atoms with Crippen LogP contribution in [0.3, 0.4) is 0 Å². The van der Waals surface area contributed by atoms with Crippen molar-refractivity contribution < 1.29 is 14.3 Å². The lowest BCUT2D eigenvalue weighted by molar-refractivity contribution is -0.123. The van der Waals surface area contributed by atoms with E-state index in [4.69, 9.17) is 4.74 Å². The van der Waals surface area contributed by atoms with Gasteiger partial charge in [0.25, 0.3) is 11.8 Å². The summed E-state index contributed by atoms with van der Waals surface area (Å²) in [5.74, 6) is -0.113. The van der Waals surface area contributed by atoms with Crippen LogP contribution in [0.15, 0.2) is 60.9 Å². The van der Waals surface area contributed by atoms with Crippen LogP contribution in [0.5, 0.6) is 5.75 Å². The number of ether oxygens (including phenoxy) is 1. The lowest BCUT2D eigenvalue weighted by Crippen LogP contribution is -2.34. The van der Waals surface area contributed by atoms with Crippen molar-refractivity contribution in [2.45, 2.75) is 26.4 Å². The van der Waals surface area contributed by atoms with Gasteiger partial charge in [0, 0.05) is 25.0 Å². The summed E-state index contributed by atoms with van der Waals surface area (Å²) in [4.78, 5) is 28.7. The van der Waals surface area contributed by atoms with Crippen LogP contribution >= 0.6 is 0 Å². The highest BCUT2D eigenvalue weighted by Gasteiger charge is 2.15. The molecule has 6 nitrogen and oxygen atoms in total. The van der Waals surface area contributed by atoms with Crippen molar-refractivity contribution >= 4 is 22.6 Å². The molecule has 0 aliphatic rings. The van der Waals surface area contributed by atoms with Gasteiger partial charge < -0.3 is 15.4 Å². The lowest BCUT2D eigenvalue weighted by atomic mass is 10.1. The third-order valence-corrected chi connectivity index (χ3v) is 4.10. The van der Waals surface area contributed by atoms with Gasteiger partial charge in [-0.05, 0) is 54.4 Å². The van der Waals surface area contributed by atoms with E-state index in [0.717, 1.165) is 16.3 Å². The Labute approximate surface area is 163 Å². The highest BCUT2D eigenvalue weighted by atomic mass is 16.5. The Morgan fingerprint density at radius 2 is 1.71 bits per heavy atom. The summed E-state index contributed by atoms with van der Waals surface area (Å²) in [6, 6.07) is 15.0. The third-order valence-electron chi connectivity index (χ3n) is 4.10. The van der Waals surface area contributed by atoms with Crippen LogP contribution < -0.4 is 15.4 Å². The van der Waals surface area contributed by atoms with E-state index >= 15 is 0 Å². The van der Waals surface area contributed by atoms with Gasteiger partial charge in [0.05, 0.1) is 5.56 Å². The summed E-state index contributed by atoms with van der Waals surface area (Å²) in [5.41, 5.74) is 1.34. The van der Waals surface area contributed by atoms with Crippen molar-refractivity contribution in [2.24, 2.45) is 0 Å². The van der Waals surface area contributed by atoms with Gasteiger partial charge in [-0.25, -0.2) is 0 Å². The van der Waals surface area contributed by atoms with E-state index < -0.39 is 0 Å². The zero-order valence-electron chi connectivity index (χ0n) is 15.9. The number of aromatic nitrogens is 1. The van der Waals surface area contributed by atoms with E-state index in [9.17, 15) is 9.59 Å². The summed E-state index contributed by atoms with van der Waals surface area (Å²) in [7, 11) is 0. The second kappa shape index (κ2) is 8.99. The number of rotatable bonds is 7. The second-order valence-electron chi connectivity index (χ2n) is 6.74. The first-order valence-corrected chi connectivity index (χ1v) is 9.15. The molecular weight excluding hydrogens is 354 g/mol. The topological polar surface area (TPSA) is 80.3 Å². The SMILES string of the molecule is CC(C)NC(=O)COc1cc2ccccc2cc1C(=O)NCc1ccncc1. The van der Waals surface area contributed by atoms with Crippen LogP contribution in [0.4, 0.5) is 0 Å². The van der Waals surface area contributed by atoms with Gasteiger partial charge in [-0.2, -0.15) is 0 Å². The fraction of sp³-hybridized carbons (Fsp3) is 0.227. The molecule has 0 bridgehead atoms. The molecule has 144 valence electrons. The number of pyridine rings is 1. The molecule has 2 N–H and O–H groups in total. The summed E-state index contributed by atoms with van der Waals surface area (Å²) < 4.78 is 5.70. The first-order valence-electron chi connectivity index (χ1n) is 9.15. The van der Waals surface area contributed by atoms with Crippen molar-refractivity contribution in [2.75, 3.05) is 6.61 Å². The Morgan fingerprint density at radius 1 is 1.04 bits per heavy atom. The minimum absolute atomic E-state index is 0.0239. The maximum Gasteiger partial charge on any atom is 0.258 e. The Bertz CT molecular complexity index is 971. The van der Waals surface area contributed by atoms with Crippen molar-refractivity contribution in [1.82, 2.24) is 15.6 Å². The largest absolute Gasteiger partial charge is 0.483 e. The molecule has 0 fully saturated rings. The molecule has 0 unspecified atom stereocenters. The van der Waals surface area contributed by atoms with Gasteiger partial charge in [0.1, 0.15) is 5.75 Å². The molecular formula is C22H23N3O3. The van der Waals surface area contributed by atoms with Gasteiger partial charge in [-0.1, -0.05) is 24.3 Å². The molecule has 0 radical (unpaired) electrons. The Morgan fingerprint density at radius 3 is 2.39 bits per heavy atom. The predicted molar refractivity (Wildman–Crippen MR) is 108 cm³/mol. The van der Waals surface area contributed by atoms with Gasteiger partial charge >= 0.3 is 0 Å². The van der Waals surface area contributed by atoms with Crippen LogP contribution in [0.1, 0.15) is 29.8 Å². The van der Waals surface area contributed by atoms with Crippen molar-refractivity contribution in [3.05, 3.63) is 72.1 Å². The van der Waals surface area contributed by atoms with Gasteiger partial charge in [0.2, 0.25) is 0 Å². The molecule has 1 aromatic heterocycles. The van der Waals surface area contributed by atoms with Crippen LogP contribution in [0.2, 0.25) is 0 Å². The number of amides is 2. The molecule has 0 saturated heterocycles. The summed E-state index contributed by atoms with van der Waals surface area (Å²) in [6.45, 7) is 3.99. The van der Waals surface area contributed by atoms with Crippen LogP contribution in [-0.2, 0) is 11.3 Å². The average molecular weight is 377 g/mol. The molecule has 0 aliphatic carbocycles. The minimum atomic E-state index is -0.262. The molecule has 3 aromatic rings. The number of hydrogen-bond acceptors (Lipinski definition) is 4. The number of nitrogens with one attached hydrogen (secondary N) is 2. The number of carbonyl (C=O) groups excluding carboxylic acids is 2. The van der Waals surface area contributed by atoms with Gasteiger partial charge in [-0.3, -0.25) is 14.6 Å². The first kappa shape index (κ1) is 19.4. The maximum absolute atomic E-state index is 12.8. The van der Waals surface area contributed by atoms with Crippen LogP contribution in [-0.4, -0.2) is 29.4 Å². The fourth-order valence-corrected chi connectivity index (χ4v) is 2.80. The summed E-state index contributed by atoms with van der Waals surface area (Å²) in [6.07, 6.45) is 3.36. The monoisotopic (exact) mass is 377 g/mol. The van der Waals surface area contributed by atoms with Crippen molar-refractivity contribution in [3.63, 3.8) is 0 Å². The van der Waals surface area contributed by atoms with Gasteiger partial charge in [-0.15, -0.1) is 0 Å². The smallest absolute Gasteiger partial charge is 0.258 e. The number of carbonyl (C=O) groups is 2. The third kappa shape index (κ3) is 5.07. The Hall–Kier alpha value is -3.41. The Balaban J connectivity index is 1.81. The fourth-order valence-electron chi connectivity index (χ4n) is 2.80. The highest BCUT2D eigenvalue weighted by Crippen LogP contribution is 2.26. The zero-order chi connectivity index (χ0) is 19.9. The van der Waals surface area contributed by atoms with E-state index in [1.807, 2.05) is 50.2 Å². The summed E-state index contributed by atoms with van der Waals surface area (Å²) >= 11 is 0. The number of hydrogen-bond donors (Lipinski definition) is 2.